The van der Waals surface area contributed by atoms with Crippen LogP contribution in [0.3, 0.4) is 0 Å². The van der Waals surface area contributed by atoms with Crippen LogP contribution in [-0.2, 0) is 4.79 Å². The molecule has 4 heteroatoms. The monoisotopic (exact) mass is 228 g/mol. The molecular formula is C12H24N2O2. The lowest BCUT2D eigenvalue weighted by Gasteiger charge is -2.18. The molecule has 16 heavy (non-hydrogen) atoms. The fraction of sp³-hybridized carbons (Fsp3) is 0.917. The molecule has 1 aliphatic heterocycles. The van der Waals surface area contributed by atoms with E-state index in [2.05, 4.69) is 24.5 Å². The first kappa shape index (κ1) is 13.5. The highest BCUT2D eigenvalue weighted by Gasteiger charge is 2.29. The van der Waals surface area contributed by atoms with Crippen LogP contribution in [0.2, 0.25) is 0 Å². The number of aliphatic hydroxyl groups excluding tert-OH is 1. The Balaban J connectivity index is 2.28. The Labute approximate surface area is 97.8 Å². The lowest BCUT2D eigenvalue weighted by atomic mass is 9.96. The lowest BCUT2D eigenvalue weighted by Crippen LogP contribution is -2.37. The van der Waals surface area contributed by atoms with Gasteiger partial charge in [-0.05, 0) is 24.8 Å². The molecule has 1 rings (SSSR count). The zero-order chi connectivity index (χ0) is 12.0. The molecule has 0 spiro atoms. The number of hydrogen-bond acceptors (Lipinski definition) is 3. The van der Waals surface area contributed by atoms with E-state index in [9.17, 15) is 4.79 Å². The average molecular weight is 228 g/mol. The van der Waals surface area contributed by atoms with Crippen LogP contribution >= 0.6 is 0 Å². The molecule has 3 N–H and O–H groups in total. The van der Waals surface area contributed by atoms with Gasteiger partial charge >= 0.3 is 0 Å². The second-order valence-electron chi connectivity index (χ2n) is 4.77. The van der Waals surface area contributed by atoms with Crippen LogP contribution in [0.15, 0.2) is 0 Å². The maximum Gasteiger partial charge on any atom is 0.224 e. The molecule has 4 nitrogen and oxygen atoms in total. The summed E-state index contributed by atoms with van der Waals surface area (Å²) in [6.45, 7) is 6.83. The molecule has 3 atom stereocenters. The van der Waals surface area contributed by atoms with Crippen LogP contribution in [0.25, 0.3) is 0 Å². The van der Waals surface area contributed by atoms with Crippen LogP contribution in [0, 0.1) is 17.8 Å². The number of amides is 1. The summed E-state index contributed by atoms with van der Waals surface area (Å²) in [5.74, 6) is 1.11. The molecule has 94 valence electrons. The second kappa shape index (κ2) is 6.86. The molecule has 1 unspecified atom stereocenters. The van der Waals surface area contributed by atoms with Crippen molar-refractivity contribution in [1.29, 1.82) is 0 Å². The molecule has 0 bridgehead atoms. The third kappa shape index (κ3) is 3.76. The minimum absolute atomic E-state index is 0.117. The second-order valence-corrected chi connectivity index (χ2v) is 4.77. The topological polar surface area (TPSA) is 61.4 Å². The zero-order valence-corrected chi connectivity index (χ0v) is 10.3. The van der Waals surface area contributed by atoms with E-state index in [1.807, 2.05) is 0 Å². The molecule has 0 aromatic heterocycles. The Bertz CT molecular complexity index is 221. The molecule has 1 fully saturated rings. The molecule has 0 saturated carbocycles. The Morgan fingerprint density at radius 2 is 2.31 bits per heavy atom. The van der Waals surface area contributed by atoms with E-state index in [0.717, 1.165) is 25.9 Å². The first-order valence-corrected chi connectivity index (χ1v) is 6.28. The summed E-state index contributed by atoms with van der Waals surface area (Å²) in [5.41, 5.74) is 0. The minimum Gasteiger partial charge on any atom is -0.396 e. The summed E-state index contributed by atoms with van der Waals surface area (Å²) in [7, 11) is 0. The average Bonchev–Trinajstić information content (AvgIpc) is 2.70. The Hall–Kier alpha value is -0.610. The normalized spacial score (nSPS) is 26.7. The van der Waals surface area contributed by atoms with E-state index < -0.39 is 0 Å². The predicted octanol–water partition coefficient (Wildman–Crippen LogP) is 0.367. The van der Waals surface area contributed by atoms with Gasteiger partial charge in [-0.15, -0.1) is 0 Å². The van der Waals surface area contributed by atoms with Crippen LogP contribution in [-0.4, -0.2) is 37.3 Å². The van der Waals surface area contributed by atoms with Crippen LogP contribution in [0.1, 0.15) is 26.7 Å². The van der Waals surface area contributed by atoms with Gasteiger partial charge in [0, 0.05) is 19.7 Å². The number of carbonyl (C=O) groups excluding carboxylic acids is 1. The molecule has 0 aliphatic carbocycles. The standard InChI is InChI=1S/C12H24N2O2/c1-3-10(4-5-15)7-14-12(16)11-8-13-6-9(11)2/h9-11,13,15H,3-8H2,1-2H3,(H,14,16)/t9-,10?,11-/m1/s1. The molecule has 1 amide bonds. The fourth-order valence-electron chi connectivity index (χ4n) is 2.17. The molecule has 1 saturated heterocycles. The summed E-state index contributed by atoms with van der Waals surface area (Å²) < 4.78 is 0. The number of nitrogens with one attached hydrogen (secondary N) is 2. The highest BCUT2D eigenvalue weighted by molar-refractivity contribution is 5.79. The van der Waals surface area contributed by atoms with Crippen molar-refractivity contribution in [3.63, 3.8) is 0 Å². The molecule has 0 aromatic rings. The summed E-state index contributed by atoms with van der Waals surface area (Å²) in [6.07, 6.45) is 1.77. The number of rotatable bonds is 6. The summed E-state index contributed by atoms with van der Waals surface area (Å²) in [5, 5.41) is 15.1. The van der Waals surface area contributed by atoms with Crippen molar-refractivity contribution in [2.24, 2.45) is 17.8 Å². The first-order valence-electron chi connectivity index (χ1n) is 6.28. The van der Waals surface area contributed by atoms with Gasteiger partial charge in [0.1, 0.15) is 0 Å². The third-order valence-electron chi connectivity index (χ3n) is 3.53. The number of carbonyl (C=O) groups is 1. The third-order valence-corrected chi connectivity index (χ3v) is 3.53. The van der Waals surface area contributed by atoms with E-state index in [4.69, 9.17) is 5.11 Å². The molecular weight excluding hydrogens is 204 g/mol. The summed E-state index contributed by atoms with van der Waals surface area (Å²) in [4.78, 5) is 11.9. The molecule has 1 aliphatic rings. The van der Waals surface area contributed by atoms with Crippen molar-refractivity contribution in [2.45, 2.75) is 26.7 Å². The summed E-state index contributed by atoms with van der Waals surface area (Å²) in [6, 6.07) is 0. The first-order chi connectivity index (χ1) is 7.69. The van der Waals surface area contributed by atoms with Gasteiger partial charge in [0.25, 0.3) is 0 Å². The van der Waals surface area contributed by atoms with Gasteiger partial charge in [0.05, 0.1) is 5.92 Å². The van der Waals surface area contributed by atoms with Gasteiger partial charge in [-0.25, -0.2) is 0 Å². The smallest absolute Gasteiger partial charge is 0.224 e. The maximum absolute atomic E-state index is 11.9. The Morgan fingerprint density at radius 1 is 1.56 bits per heavy atom. The van der Waals surface area contributed by atoms with Gasteiger partial charge in [-0.1, -0.05) is 20.3 Å². The SMILES string of the molecule is CCC(CCO)CNC(=O)[C@@H]1CNC[C@H]1C. The predicted molar refractivity (Wildman–Crippen MR) is 64.0 cm³/mol. The van der Waals surface area contributed by atoms with Crippen molar-refractivity contribution in [2.75, 3.05) is 26.2 Å². The van der Waals surface area contributed by atoms with Crippen LogP contribution in [0.5, 0.6) is 0 Å². The molecule has 1 heterocycles. The van der Waals surface area contributed by atoms with Crippen molar-refractivity contribution in [3.05, 3.63) is 0 Å². The summed E-state index contributed by atoms with van der Waals surface area (Å²) >= 11 is 0. The number of aliphatic hydroxyl groups is 1. The van der Waals surface area contributed by atoms with E-state index >= 15 is 0 Å². The van der Waals surface area contributed by atoms with Crippen molar-refractivity contribution >= 4 is 5.91 Å². The Kier molecular flexibility index (Phi) is 5.77. The highest BCUT2D eigenvalue weighted by atomic mass is 16.3. The van der Waals surface area contributed by atoms with E-state index in [-0.39, 0.29) is 18.4 Å². The largest absolute Gasteiger partial charge is 0.396 e. The van der Waals surface area contributed by atoms with Crippen molar-refractivity contribution < 1.29 is 9.90 Å². The van der Waals surface area contributed by atoms with Crippen molar-refractivity contribution in [1.82, 2.24) is 10.6 Å². The molecule has 0 radical (unpaired) electrons. The van der Waals surface area contributed by atoms with Gasteiger partial charge in [0.15, 0.2) is 0 Å². The fourth-order valence-corrected chi connectivity index (χ4v) is 2.17. The van der Waals surface area contributed by atoms with Gasteiger partial charge in [-0.3, -0.25) is 4.79 Å². The van der Waals surface area contributed by atoms with Crippen LogP contribution < -0.4 is 10.6 Å². The minimum atomic E-state index is 0.117. The van der Waals surface area contributed by atoms with E-state index in [0.29, 0.717) is 18.4 Å². The number of hydrogen-bond donors (Lipinski definition) is 3. The van der Waals surface area contributed by atoms with Crippen molar-refractivity contribution in [3.8, 4) is 0 Å². The maximum atomic E-state index is 11.9. The Morgan fingerprint density at radius 3 is 2.81 bits per heavy atom. The van der Waals surface area contributed by atoms with Gasteiger partial charge in [0.2, 0.25) is 5.91 Å². The highest BCUT2D eigenvalue weighted by Crippen LogP contribution is 2.16. The van der Waals surface area contributed by atoms with E-state index in [1.165, 1.54) is 0 Å². The zero-order valence-electron chi connectivity index (χ0n) is 10.3. The quantitative estimate of drug-likeness (QED) is 0.615. The lowest BCUT2D eigenvalue weighted by molar-refractivity contribution is -0.125. The van der Waals surface area contributed by atoms with E-state index in [1.54, 1.807) is 0 Å². The van der Waals surface area contributed by atoms with Gasteiger partial charge < -0.3 is 15.7 Å². The van der Waals surface area contributed by atoms with Gasteiger partial charge in [-0.2, -0.15) is 0 Å². The molecule has 0 aromatic carbocycles. The van der Waals surface area contributed by atoms with Crippen LogP contribution in [0.4, 0.5) is 0 Å².